The monoisotopic (exact) mass is 515 g/mol. The summed E-state index contributed by atoms with van der Waals surface area (Å²) in [5.41, 5.74) is 6.58. The molecule has 1 fully saturated rings. The molecule has 2 N–H and O–H groups in total. The summed E-state index contributed by atoms with van der Waals surface area (Å²) >= 11 is 0. The molecule has 1 amide bonds. The summed E-state index contributed by atoms with van der Waals surface area (Å²) in [7, 11) is 1.92. The van der Waals surface area contributed by atoms with Crippen molar-refractivity contribution < 1.29 is 9.90 Å². The summed E-state index contributed by atoms with van der Waals surface area (Å²) in [4.78, 5) is 21.0. The predicted molar refractivity (Wildman–Crippen MR) is 148 cm³/mol. The van der Waals surface area contributed by atoms with Crippen molar-refractivity contribution in [2.45, 2.75) is 24.8 Å². The molecule has 7 rings (SSSR count). The van der Waals surface area contributed by atoms with Crippen LogP contribution in [0.3, 0.4) is 0 Å². The van der Waals surface area contributed by atoms with Gasteiger partial charge in [-0.3, -0.25) is 4.40 Å². The number of nitrogens with one attached hydrogen (secondary N) is 1. The number of hydrogen-bond donors (Lipinski definition) is 2. The number of benzene rings is 2. The van der Waals surface area contributed by atoms with Gasteiger partial charge < -0.3 is 15.0 Å². The quantitative estimate of drug-likeness (QED) is 0.307. The highest BCUT2D eigenvalue weighted by Gasteiger charge is 2.40. The standard InChI is InChI=1S/C30H25N7O2/c1-36-17-25(31-18-36)28-35-34-27-23-16-22(19-6-3-2-4-7-19)26(32-24(23)12-15-37(27)28)20-8-10-21(11-9-20)30(13-5-14-30)33-29(38)39/h2-4,6-12,15-18,33H,5,13-14H2,1H3,(H,38,39). The zero-order chi connectivity index (χ0) is 26.6. The van der Waals surface area contributed by atoms with E-state index in [1.54, 1.807) is 6.33 Å². The molecular weight excluding hydrogens is 490 g/mol. The first-order chi connectivity index (χ1) is 19.0. The molecule has 1 aliphatic rings. The third-order valence-corrected chi connectivity index (χ3v) is 7.65. The van der Waals surface area contributed by atoms with Crippen LogP contribution in [0, 0.1) is 0 Å². The fourth-order valence-electron chi connectivity index (χ4n) is 5.52. The van der Waals surface area contributed by atoms with E-state index in [4.69, 9.17) is 4.98 Å². The van der Waals surface area contributed by atoms with Gasteiger partial charge in [-0.2, -0.15) is 0 Å². The molecule has 0 radical (unpaired) electrons. The zero-order valence-corrected chi connectivity index (χ0v) is 21.2. The van der Waals surface area contributed by atoms with E-state index in [1.165, 1.54) is 0 Å². The maximum Gasteiger partial charge on any atom is 0.405 e. The van der Waals surface area contributed by atoms with Gasteiger partial charge in [0.05, 0.1) is 23.1 Å². The Morgan fingerprint density at radius 2 is 1.79 bits per heavy atom. The van der Waals surface area contributed by atoms with Gasteiger partial charge in [0, 0.05) is 36.0 Å². The lowest BCUT2D eigenvalue weighted by Crippen LogP contribution is -2.50. The normalized spacial score (nSPS) is 14.4. The molecule has 9 nitrogen and oxygen atoms in total. The second-order valence-corrected chi connectivity index (χ2v) is 10.1. The fraction of sp³-hybridized carbons (Fsp3) is 0.167. The summed E-state index contributed by atoms with van der Waals surface area (Å²) in [5.74, 6) is 0.674. The Morgan fingerprint density at radius 3 is 2.46 bits per heavy atom. The van der Waals surface area contributed by atoms with Gasteiger partial charge in [-0.15, -0.1) is 10.2 Å². The Labute approximate surface area is 223 Å². The van der Waals surface area contributed by atoms with Gasteiger partial charge in [-0.05, 0) is 42.5 Å². The van der Waals surface area contributed by atoms with E-state index in [9.17, 15) is 9.90 Å². The second kappa shape index (κ2) is 8.76. The molecule has 1 saturated carbocycles. The van der Waals surface area contributed by atoms with E-state index in [1.807, 2.05) is 76.9 Å². The van der Waals surface area contributed by atoms with Crippen molar-refractivity contribution >= 4 is 22.6 Å². The Bertz CT molecular complexity index is 1850. The molecule has 4 heterocycles. The summed E-state index contributed by atoms with van der Waals surface area (Å²) in [6, 6.07) is 22.4. The average molecular weight is 516 g/mol. The molecule has 9 heteroatoms. The third kappa shape index (κ3) is 3.82. The van der Waals surface area contributed by atoms with E-state index >= 15 is 0 Å². The van der Waals surface area contributed by atoms with Crippen molar-refractivity contribution in [1.29, 1.82) is 0 Å². The van der Waals surface area contributed by atoms with Gasteiger partial charge in [0.15, 0.2) is 11.5 Å². The number of carbonyl (C=O) groups is 1. The number of nitrogens with zero attached hydrogens (tertiary/aromatic N) is 6. The Hall–Kier alpha value is -5.05. The SMILES string of the molecule is Cn1cnc(-c2nnc3c4cc(-c5ccccc5)c(-c5ccc(C6(NC(=O)O)CCC6)cc5)nc4ccn23)c1. The van der Waals surface area contributed by atoms with Gasteiger partial charge in [-0.25, -0.2) is 14.8 Å². The van der Waals surface area contributed by atoms with Crippen LogP contribution in [-0.2, 0) is 12.6 Å². The molecule has 2 aromatic carbocycles. The first kappa shape index (κ1) is 23.1. The van der Waals surface area contributed by atoms with E-state index in [-0.39, 0.29) is 0 Å². The van der Waals surface area contributed by atoms with Crippen LogP contribution in [-0.4, -0.2) is 40.3 Å². The zero-order valence-electron chi connectivity index (χ0n) is 21.2. The highest BCUT2D eigenvalue weighted by molar-refractivity contribution is 5.98. The molecule has 6 aromatic rings. The Morgan fingerprint density at radius 1 is 1.00 bits per heavy atom. The van der Waals surface area contributed by atoms with E-state index in [2.05, 4.69) is 38.7 Å². The molecule has 0 atom stereocenters. The number of amides is 1. The number of rotatable bonds is 5. The second-order valence-electron chi connectivity index (χ2n) is 10.1. The minimum atomic E-state index is -0.993. The summed E-state index contributed by atoms with van der Waals surface area (Å²) in [5, 5.41) is 22.0. The average Bonchev–Trinajstić information content (AvgIpc) is 3.56. The fourth-order valence-corrected chi connectivity index (χ4v) is 5.52. The number of pyridine rings is 2. The van der Waals surface area contributed by atoms with Crippen molar-refractivity contribution in [2.24, 2.45) is 7.05 Å². The molecule has 0 saturated heterocycles. The highest BCUT2D eigenvalue weighted by atomic mass is 16.4. The molecule has 0 spiro atoms. The Balaban J connectivity index is 1.38. The largest absolute Gasteiger partial charge is 0.465 e. The van der Waals surface area contributed by atoms with Gasteiger partial charge in [-0.1, -0.05) is 54.6 Å². The minimum absolute atomic E-state index is 0.506. The molecule has 192 valence electrons. The minimum Gasteiger partial charge on any atom is -0.465 e. The predicted octanol–water partition coefficient (Wildman–Crippen LogP) is 5.66. The third-order valence-electron chi connectivity index (χ3n) is 7.65. The van der Waals surface area contributed by atoms with Gasteiger partial charge in [0.25, 0.3) is 0 Å². The van der Waals surface area contributed by atoms with E-state index in [0.29, 0.717) is 11.5 Å². The maximum atomic E-state index is 11.4. The lowest BCUT2D eigenvalue weighted by molar-refractivity contribution is 0.144. The van der Waals surface area contributed by atoms with Crippen molar-refractivity contribution in [3.8, 4) is 33.9 Å². The molecule has 0 bridgehead atoms. The summed E-state index contributed by atoms with van der Waals surface area (Å²) in [6.45, 7) is 0. The maximum absolute atomic E-state index is 11.4. The molecular formula is C30H25N7O2. The van der Waals surface area contributed by atoms with Gasteiger partial charge >= 0.3 is 6.09 Å². The first-order valence-corrected chi connectivity index (χ1v) is 12.9. The van der Waals surface area contributed by atoms with Crippen LogP contribution in [0.5, 0.6) is 0 Å². The smallest absolute Gasteiger partial charge is 0.405 e. The number of fused-ring (bicyclic) bond motifs is 3. The van der Waals surface area contributed by atoms with Crippen molar-refractivity contribution in [1.82, 2.24) is 34.4 Å². The Kier molecular flexibility index (Phi) is 5.19. The van der Waals surface area contributed by atoms with Crippen LogP contribution in [0.15, 0.2) is 85.5 Å². The topological polar surface area (TPSA) is 110 Å². The number of aromatic nitrogens is 6. The number of aryl methyl sites for hydroxylation is 1. The van der Waals surface area contributed by atoms with Gasteiger partial charge in [0.2, 0.25) is 0 Å². The van der Waals surface area contributed by atoms with E-state index < -0.39 is 11.6 Å². The molecule has 4 aromatic heterocycles. The van der Waals surface area contributed by atoms with Crippen LogP contribution in [0.25, 0.3) is 50.5 Å². The van der Waals surface area contributed by atoms with E-state index in [0.717, 1.165) is 63.8 Å². The molecule has 0 aliphatic heterocycles. The number of hydrogen-bond acceptors (Lipinski definition) is 5. The molecule has 1 aliphatic carbocycles. The van der Waals surface area contributed by atoms with Crippen LogP contribution >= 0.6 is 0 Å². The van der Waals surface area contributed by atoms with Crippen LogP contribution in [0.1, 0.15) is 24.8 Å². The summed E-state index contributed by atoms with van der Waals surface area (Å²) < 4.78 is 3.83. The first-order valence-electron chi connectivity index (χ1n) is 12.9. The molecule has 39 heavy (non-hydrogen) atoms. The summed E-state index contributed by atoms with van der Waals surface area (Å²) in [6.07, 6.45) is 7.21. The lowest BCUT2D eigenvalue weighted by atomic mass is 9.71. The van der Waals surface area contributed by atoms with Crippen LogP contribution in [0.4, 0.5) is 4.79 Å². The lowest BCUT2D eigenvalue weighted by Gasteiger charge is -2.42. The highest BCUT2D eigenvalue weighted by Crippen LogP contribution is 2.42. The van der Waals surface area contributed by atoms with Crippen LogP contribution in [0.2, 0.25) is 0 Å². The number of imidazole rings is 1. The molecule has 0 unspecified atom stereocenters. The van der Waals surface area contributed by atoms with Crippen LogP contribution < -0.4 is 5.32 Å². The van der Waals surface area contributed by atoms with Gasteiger partial charge in [0.1, 0.15) is 5.69 Å². The van der Waals surface area contributed by atoms with Crippen molar-refractivity contribution in [2.75, 3.05) is 0 Å². The van der Waals surface area contributed by atoms with Crippen molar-refractivity contribution in [3.05, 3.63) is 91.0 Å². The van der Waals surface area contributed by atoms with Crippen molar-refractivity contribution in [3.63, 3.8) is 0 Å². The number of carboxylic acid groups (broad SMARTS) is 1.